The number of hydrogen-bond donors (Lipinski definition) is 5. The largest absolute Gasteiger partial charge is 0.508 e. The van der Waals surface area contributed by atoms with Gasteiger partial charge in [-0.15, -0.1) is 0 Å². The molecule has 0 aliphatic carbocycles. The van der Waals surface area contributed by atoms with Crippen molar-refractivity contribution >= 4 is 29.8 Å². The number of phenolic OH excluding ortho intramolecular Hbond substituents is 1. The van der Waals surface area contributed by atoms with Crippen LogP contribution in [0.2, 0.25) is 0 Å². The summed E-state index contributed by atoms with van der Waals surface area (Å²) in [6.07, 6.45) is 4.22. The predicted molar refractivity (Wildman–Crippen MR) is 164 cm³/mol. The van der Waals surface area contributed by atoms with Gasteiger partial charge in [0.15, 0.2) is 0 Å². The minimum absolute atomic E-state index is 0.0166. The summed E-state index contributed by atoms with van der Waals surface area (Å²) < 4.78 is 5.47. The third-order valence-electron chi connectivity index (χ3n) is 7.95. The number of esters is 1. The van der Waals surface area contributed by atoms with Gasteiger partial charge in [-0.25, -0.2) is 5.43 Å². The maximum atomic E-state index is 13.8. The number of aliphatic hydroxyl groups is 1. The lowest BCUT2D eigenvalue weighted by atomic mass is 9.94. The van der Waals surface area contributed by atoms with Crippen LogP contribution < -0.4 is 16.1 Å². The molecule has 3 aliphatic heterocycles. The topological polar surface area (TPSA) is 157 Å². The van der Waals surface area contributed by atoms with E-state index in [2.05, 4.69) is 16.1 Å². The summed E-state index contributed by atoms with van der Waals surface area (Å²) >= 11 is 0. The number of amides is 3. The van der Waals surface area contributed by atoms with E-state index in [4.69, 9.17) is 4.74 Å². The Balaban J connectivity index is 1.64. The Morgan fingerprint density at radius 2 is 1.77 bits per heavy atom. The number of aliphatic hydroxyl groups excluding tert-OH is 1. The zero-order valence-corrected chi connectivity index (χ0v) is 25.4. The van der Waals surface area contributed by atoms with E-state index < -0.39 is 53.8 Å². The fourth-order valence-corrected chi connectivity index (χ4v) is 5.29. The summed E-state index contributed by atoms with van der Waals surface area (Å²) in [5.41, 5.74) is 5.02. The summed E-state index contributed by atoms with van der Waals surface area (Å²) in [6.45, 7) is 5.62. The van der Waals surface area contributed by atoms with Gasteiger partial charge in [0.05, 0.1) is 18.6 Å². The second-order valence-electron chi connectivity index (χ2n) is 11.7. The summed E-state index contributed by atoms with van der Waals surface area (Å²) in [6, 6.07) is 10.7. The highest BCUT2D eigenvalue weighted by Gasteiger charge is 2.36. The van der Waals surface area contributed by atoms with Gasteiger partial charge in [-0.05, 0) is 54.0 Å². The molecular weight excluding hydrogens is 564 g/mol. The Kier molecular flexibility index (Phi) is 11.1. The second-order valence-corrected chi connectivity index (χ2v) is 11.7. The van der Waals surface area contributed by atoms with Gasteiger partial charge >= 0.3 is 5.97 Å². The van der Waals surface area contributed by atoms with E-state index in [1.807, 2.05) is 24.3 Å². The molecular formula is C33H42N4O7. The van der Waals surface area contributed by atoms with E-state index in [-0.39, 0.29) is 24.7 Å². The number of carbonyl (C=O) groups excluding carboxylic acids is 4. The van der Waals surface area contributed by atoms with Crippen molar-refractivity contribution in [3.05, 3.63) is 71.3 Å². The van der Waals surface area contributed by atoms with Crippen LogP contribution in [-0.4, -0.2) is 70.2 Å². The van der Waals surface area contributed by atoms with Crippen LogP contribution in [0.15, 0.2) is 54.6 Å². The van der Waals surface area contributed by atoms with Crippen molar-refractivity contribution < 1.29 is 34.1 Å². The van der Waals surface area contributed by atoms with Crippen molar-refractivity contribution in [3.8, 4) is 5.75 Å². The molecule has 0 saturated carbocycles. The number of ether oxygens (including phenoxy) is 1. The molecule has 5 atom stereocenters. The molecule has 3 amide bonds. The second kappa shape index (κ2) is 15.0. The summed E-state index contributed by atoms with van der Waals surface area (Å²) in [5, 5.41) is 27.9. The highest BCUT2D eigenvalue weighted by Crippen LogP contribution is 2.24. The Bertz CT molecular complexity index is 1360. The highest BCUT2D eigenvalue weighted by molar-refractivity contribution is 5.93. The SMILES string of the molecule is CC(C)[C@@H]1NC(=O)[C@H](C)[C@H](O)c2ccc(cc2)/C=C/CCOC(=O)[C@@H]2CCCN(N2)C(=O)[C@H](Cc2cccc(O)c2)NC1=O. The molecule has 1 saturated heterocycles. The van der Waals surface area contributed by atoms with Gasteiger partial charge in [0.1, 0.15) is 23.9 Å². The molecule has 3 heterocycles. The fourth-order valence-electron chi connectivity index (χ4n) is 5.29. The van der Waals surface area contributed by atoms with Crippen molar-refractivity contribution in [1.82, 2.24) is 21.1 Å². The molecule has 5 rings (SSSR count). The van der Waals surface area contributed by atoms with Crippen LogP contribution in [0.1, 0.15) is 62.8 Å². The van der Waals surface area contributed by atoms with E-state index in [0.29, 0.717) is 36.9 Å². The fraction of sp³-hybridized carbons (Fsp3) is 0.455. The number of rotatable bonds is 3. The average Bonchev–Trinajstić information content (AvgIpc) is 3.01. The highest BCUT2D eigenvalue weighted by atomic mass is 16.5. The van der Waals surface area contributed by atoms with Crippen molar-refractivity contribution in [2.75, 3.05) is 13.2 Å². The average molecular weight is 607 g/mol. The number of nitrogens with zero attached hydrogens (tertiary/aromatic N) is 1. The molecule has 2 aromatic carbocycles. The Morgan fingerprint density at radius 3 is 2.48 bits per heavy atom. The first kappa shape index (κ1) is 32.7. The third-order valence-corrected chi connectivity index (χ3v) is 7.95. The molecule has 4 bridgehead atoms. The van der Waals surface area contributed by atoms with Crippen molar-refractivity contribution in [2.45, 2.75) is 70.7 Å². The molecule has 0 radical (unpaired) electrons. The monoisotopic (exact) mass is 606 g/mol. The van der Waals surface area contributed by atoms with Gasteiger partial charge in [0.25, 0.3) is 5.91 Å². The smallest absolute Gasteiger partial charge is 0.324 e. The van der Waals surface area contributed by atoms with E-state index in [1.165, 1.54) is 17.1 Å². The number of fused-ring (bicyclic) bond motifs is 14. The molecule has 0 unspecified atom stereocenters. The minimum Gasteiger partial charge on any atom is -0.508 e. The van der Waals surface area contributed by atoms with Crippen molar-refractivity contribution in [3.63, 3.8) is 0 Å². The van der Waals surface area contributed by atoms with E-state index in [0.717, 1.165) is 5.56 Å². The molecule has 0 aromatic heterocycles. The molecule has 236 valence electrons. The first-order valence-electron chi connectivity index (χ1n) is 15.1. The molecule has 0 spiro atoms. The standard InChI is InChI=1S/C33H42N4O7/c1-20(2)28-31(41)34-27(19-23-9-6-10-25(38)18-23)32(42)37-16-7-11-26(36-37)33(43)44-17-5-4-8-22-12-14-24(15-13-22)29(39)21(3)30(40)35-28/h4,6,8-10,12-15,18,20-21,26-29,36,38-39H,5,7,11,16-17,19H2,1-3H3,(H,34,41)(H,35,40)/b8-4+/t21-,26+,27+,28+,29+/m1/s1. The lowest BCUT2D eigenvalue weighted by Crippen LogP contribution is -2.62. The van der Waals surface area contributed by atoms with Crippen LogP contribution in [0.5, 0.6) is 5.75 Å². The summed E-state index contributed by atoms with van der Waals surface area (Å²) in [7, 11) is 0. The zero-order chi connectivity index (χ0) is 31.8. The van der Waals surface area contributed by atoms with Gasteiger partial charge in [-0.3, -0.25) is 24.2 Å². The van der Waals surface area contributed by atoms with Gasteiger partial charge < -0.3 is 25.6 Å². The zero-order valence-electron chi connectivity index (χ0n) is 25.4. The molecule has 11 heteroatoms. The number of carbonyl (C=O) groups is 4. The molecule has 5 N–H and O–H groups in total. The first-order valence-corrected chi connectivity index (χ1v) is 15.1. The number of benzene rings is 2. The van der Waals surface area contributed by atoms with Crippen LogP contribution in [0.4, 0.5) is 0 Å². The molecule has 44 heavy (non-hydrogen) atoms. The van der Waals surface area contributed by atoms with Gasteiger partial charge in [0, 0.05) is 13.0 Å². The van der Waals surface area contributed by atoms with E-state index in [9.17, 15) is 29.4 Å². The number of hydrogen-bond acceptors (Lipinski definition) is 8. The lowest BCUT2D eigenvalue weighted by Gasteiger charge is -2.35. The molecule has 11 nitrogen and oxygen atoms in total. The van der Waals surface area contributed by atoms with Crippen LogP contribution in [0, 0.1) is 11.8 Å². The van der Waals surface area contributed by atoms with E-state index >= 15 is 0 Å². The number of hydrazine groups is 1. The van der Waals surface area contributed by atoms with Crippen LogP contribution in [0.25, 0.3) is 6.08 Å². The maximum Gasteiger partial charge on any atom is 0.324 e. The molecule has 2 aromatic rings. The summed E-state index contributed by atoms with van der Waals surface area (Å²) in [4.78, 5) is 53.6. The van der Waals surface area contributed by atoms with Crippen LogP contribution in [-0.2, 0) is 30.3 Å². The van der Waals surface area contributed by atoms with Gasteiger partial charge in [-0.2, -0.15) is 0 Å². The molecule has 1 fully saturated rings. The number of aromatic hydroxyl groups is 1. The number of phenols is 1. The van der Waals surface area contributed by atoms with Crippen LogP contribution in [0.3, 0.4) is 0 Å². The Hall–Kier alpha value is -4.22. The normalized spacial score (nSPS) is 26.7. The quantitative estimate of drug-likeness (QED) is 0.334. The summed E-state index contributed by atoms with van der Waals surface area (Å²) in [5.74, 6) is -3.21. The van der Waals surface area contributed by atoms with Crippen molar-refractivity contribution in [1.29, 1.82) is 0 Å². The third kappa shape index (κ3) is 8.45. The first-order chi connectivity index (χ1) is 21.0. The van der Waals surface area contributed by atoms with Crippen LogP contribution >= 0.6 is 0 Å². The Morgan fingerprint density at radius 1 is 1.02 bits per heavy atom. The lowest BCUT2D eigenvalue weighted by molar-refractivity contribution is -0.153. The van der Waals surface area contributed by atoms with E-state index in [1.54, 1.807) is 45.0 Å². The van der Waals surface area contributed by atoms with Crippen molar-refractivity contribution in [2.24, 2.45) is 11.8 Å². The Labute approximate surface area is 257 Å². The minimum atomic E-state index is -1.11. The number of nitrogens with one attached hydrogen (secondary N) is 3. The predicted octanol–water partition coefficient (Wildman–Crippen LogP) is 2.39. The van der Waals surface area contributed by atoms with Gasteiger partial charge in [0.2, 0.25) is 11.8 Å². The van der Waals surface area contributed by atoms with Gasteiger partial charge in [-0.1, -0.05) is 69.3 Å². The molecule has 3 aliphatic rings. The maximum absolute atomic E-state index is 13.8.